The summed E-state index contributed by atoms with van der Waals surface area (Å²) in [5.74, 6) is 0.0552. The number of benzene rings is 1. The topological polar surface area (TPSA) is 41.5 Å². The first-order chi connectivity index (χ1) is 11.9. The lowest BCUT2D eigenvalue weighted by Crippen LogP contribution is -2.40. The van der Waals surface area contributed by atoms with Crippen LogP contribution >= 0.6 is 0 Å². The van der Waals surface area contributed by atoms with E-state index in [4.69, 9.17) is 0 Å². The Bertz CT molecular complexity index is 704. The Hall–Kier alpha value is -1.85. The molecule has 144 valence electrons. The van der Waals surface area contributed by atoms with Crippen LogP contribution in [0.15, 0.2) is 29.3 Å². The maximum Gasteiger partial charge on any atom is 0.416 e. The molecule has 26 heavy (non-hydrogen) atoms. The highest BCUT2D eigenvalue weighted by molar-refractivity contribution is 6.46. The normalized spacial score (nSPS) is 22.2. The summed E-state index contributed by atoms with van der Waals surface area (Å²) in [6, 6.07) is 4.76. The third-order valence-electron chi connectivity index (χ3n) is 5.12. The number of hydrogen-bond donors (Lipinski definition) is 1. The third kappa shape index (κ3) is 4.65. The maximum absolute atomic E-state index is 12.9. The van der Waals surface area contributed by atoms with Gasteiger partial charge >= 0.3 is 6.18 Å². The minimum atomic E-state index is -4.45. The quantitative estimate of drug-likeness (QED) is 0.763. The van der Waals surface area contributed by atoms with E-state index in [1.54, 1.807) is 0 Å². The molecule has 0 bridgehead atoms. The predicted octanol–water partition coefficient (Wildman–Crippen LogP) is 5.19. The zero-order valence-electron chi connectivity index (χ0n) is 16.0. The highest BCUT2D eigenvalue weighted by Gasteiger charge is 2.38. The molecule has 3 nitrogen and oxygen atoms in total. The van der Waals surface area contributed by atoms with Crippen LogP contribution in [-0.2, 0) is 11.0 Å². The fourth-order valence-electron chi connectivity index (χ4n) is 3.49. The van der Waals surface area contributed by atoms with Crippen LogP contribution in [0.1, 0.15) is 65.0 Å². The molecule has 6 heteroatoms. The van der Waals surface area contributed by atoms with Crippen molar-refractivity contribution in [2.75, 3.05) is 0 Å². The van der Waals surface area contributed by atoms with Crippen molar-refractivity contribution in [3.05, 3.63) is 35.4 Å². The molecule has 2 atom stereocenters. The van der Waals surface area contributed by atoms with E-state index in [0.29, 0.717) is 12.3 Å². The van der Waals surface area contributed by atoms with E-state index in [1.165, 1.54) is 12.1 Å². The predicted molar refractivity (Wildman–Crippen MR) is 97.0 cm³/mol. The van der Waals surface area contributed by atoms with Crippen LogP contribution in [0.5, 0.6) is 0 Å². The zero-order chi connectivity index (χ0) is 19.8. The van der Waals surface area contributed by atoms with Crippen molar-refractivity contribution in [1.82, 2.24) is 5.32 Å². The lowest BCUT2D eigenvalue weighted by atomic mass is 9.75. The van der Waals surface area contributed by atoms with E-state index < -0.39 is 23.3 Å². The number of carbonyl (C=O) groups is 1. The van der Waals surface area contributed by atoms with E-state index >= 15 is 0 Å². The molecule has 0 saturated heterocycles. The van der Waals surface area contributed by atoms with Gasteiger partial charge in [-0.1, -0.05) is 46.2 Å². The molecule has 1 aliphatic heterocycles. The molecule has 1 aliphatic rings. The molecular weight excluding hydrogens is 341 g/mol. The van der Waals surface area contributed by atoms with Gasteiger partial charge in [-0.3, -0.25) is 9.79 Å². The monoisotopic (exact) mass is 368 g/mol. The Morgan fingerprint density at radius 3 is 2.42 bits per heavy atom. The standard InChI is InChI=1S/C20H27F3N2O/c1-6-14(18(2,3)4)10-11-19(5)24-16(17(26)25-19)13-8-7-9-15(12-13)20(21,22)23/h7-9,12,14H,6,10-11H2,1-5H3,(H,25,26). The SMILES string of the molecule is CCC(CCC1(C)N=C(c2cccc(C(F)(F)F)c2)C(=O)N1)C(C)(C)C. The Morgan fingerprint density at radius 2 is 1.88 bits per heavy atom. The van der Waals surface area contributed by atoms with Crippen LogP contribution in [0.4, 0.5) is 13.2 Å². The van der Waals surface area contributed by atoms with Crippen molar-refractivity contribution >= 4 is 11.6 Å². The summed E-state index contributed by atoms with van der Waals surface area (Å²) in [5.41, 5.74) is -1.13. The number of hydrogen-bond acceptors (Lipinski definition) is 2. The van der Waals surface area contributed by atoms with Gasteiger partial charge in [-0.05, 0) is 43.2 Å². The maximum atomic E-state index is 12.9. The summed E-state index contributed by atoms with van der Waals surface area (Å²) in [6.07, 6.45) is -1.89. The van der Waals surface area contributed by atoms with Crippen molar-refractivity contribution in [2.45, 2.75) is 65.7 Å². The molecule has 1 aromatic rings. The minimum absolute atomic E-state index is 0.0717. The van der Waals surface area contributed by atoms with Crippen LogP contribution in [0.25, 0.3) is 0 Å². The van der Waals surface area contributed by atoms with Gasteiger partial charge in [0.2, 0.25) is 0 Å². The van der Waals surface area contributed by atoms with Gasteiger partial charge < -0.3 is 5.32 Å². The van der Waals surface area contributed by atoms with E-state index in [1.807, 2.05) is 6.92 Å². The first kappa shape index (κ1) is 20.5. The van der Waals surface area contributed by atoms with Gasteiger partial charge in [0.1, 0.15) is 11.4 Å². The summed E-state index contributed by atoms with van der Waals surface area (Å²) < 4.78 is 38.8. The lowest BCUT2D eigenvalue weighted by molar-refractivity contribution is -0.137. The van der Waals surface area contributed by atoms with E-state index in [0.717, 1.165) is 25.0 Å². The van der Waals surface area contributed by atoms with Crippen molar-refractivity contribution in [1.29, 1.82) is 0 Å². The summed E-state index contributed by atoms with van der Waals surface area (Å²) in [7, 11) is 0. The number of halogens is 3. The second-order valence-electron chi connectivity index (χ2n) is 8.28. The summed E-state index contributed by atoms with van der Waals surface area (Å²) in [4.78, 5) is 16.8. The Kier molecular flexibility index (Phi) is 5.54. The van der Waals surface area contributed by atoms with E-state index in [2.05, 4.69) is 38.0 Å². The summed E-state index contributed by atoms with van der Waals surface area (Å²) >= 11 is 0. The largest absolute Gasteiger partial charge is 0.416 e. The van der Waals surface area contributed by atoms with E-state index in [9.17, 15) is 18.0 Å². The molecule has 0 fully saturated rings. The van der Waals surface area contributed by atoms with Gasteiger partial charge in [-0.25, -0.2) is 0 Å². The van der Waals surface area contributed by atoms with Crippen LogP contribution in [0, 0.1) is 11.3 Å². The smallest absolute Gasteiger partial charge is 0.327 e. The fraction of sp³-hybridized carbons (Fsp3) is 0.600. The Morgan fingerprint density at radius 1 is 1.23 bits per heavy atom. The fourth-order valence-corrected chi connectivity index (χ4v) is 3.49. The van der Waals surface area contributed by atoms with Crippen LogP contribution in [-0.4, -0.2) is 17.3 Å². The van der Waals surface area contributed by atoms with Gasteiger partial charge in [0.05, 0.1) is 5.56 Å². The number of amides is 1. The first-order valence-corrected chi connectivity index (χ1v) is 8.96. The van der Waals surface area contributed by atoms with Gasteiger partial charge in [0, 0.05) is 5.56 Å². The van der Waals surface area contributed by atoms with Crippen molar-refractivity contribution in [3.63, 3.8) is 0 Å². The number of rotatable bonds is 5. The minimum Gasteiger partial charge on any atom is -0.327 e. The molecule has 1 aromatic carbocycles. The molecule has 1 amide bonds. The summed E-state index contributed by atoms with van der Waals surface area (Å²) in [5, 5.41) is 2.84. The molecule has 0 aromatic heterocycles. The molecule has 1 N–H and O–H groups in total. The van der Waals surface area contributed by atoms with Gasteiger partial charge in [0.25, 0.3) is 5.91 Å². The van der Waals surface area contributed by atoms with Gasteiger partial charge in [0.15, 0.2) is 0 Å². The first-order valence-electron chi connectivity index (χ1n) is 8.96. The van der Waals surface area contributed by atoms with Crippen LogP contribution in [0.3, 0.4) is 0 Å². The third-order valence-corrected chi connectivity index (χ3v) is 5.12. The van der Waals surface area contributed by atoms with Crippen LogP contribution in [0.2, 0.25) is 0 Å². The number of nitrogens with zero attached hydrogens (tertiary/aromatic N) is 1. The van der Waals surface area contributed by atoms with Crippen molar-refractivity contribution in [2.24, 2.45) is 16.3 Å². The highest BCUT2D eigenvalue weighted by Crippen LogP contribution is 2.35. The molecule has 0 radical (unpaired) electrons. The number of aliphatic imine (C=N–C) groups is 1. The lowest BCUT2D eigenvalue weighted by Gasteiger charge is -2.32. The van der Waals surface area contributed by atoms with Crippen molar-refractivity contribution < 1.29 is 18.0 Å². The summed E-state index contributed by atoms with van der Waals surface area (Å²) in [6.45, 7) is 10.5. The number of alkyl halides is 3. The van der Waals surface area contributed by atoms with Crippen LogP contribution < -0.4 is 5.32 Å². The van der Waals surface area contributed by atoms with Crippen molar-refractivity contribution in [3.8, 4) is 0 Å². The molecule has 2 rings (SSSR count). The molecule has 1 heterocycles. The Labute approximate surface area is 153 Å². The second-order valence-corrected chi connectivity index (χ2v) is 8.28. The molecule has 0 aliphatic carbocycles. The average Bonchev–Trinajstić information content (AvgIpc) is 2.81. The van der Waals surface area contributed by atoms with E-state index in [-0.39, 0.29) is 16.7 Å². The van der Waals surface area contributed by atoms with Gasteiger partial charge in [-0.2, -0.15) is 13.2 Å². The molecule has 0 spiro atoms. The average molecular weight is 368 g/mol. The van der Waals surface area contributed by atoms with Gasteiger partial charge in [-0.15, -0.1) is 0 Å². The Balaban J connectivity index is 2.23. The second kappa shape index (κ2) is 7.05. The molecule has 0 saturated carbocycles. The molecular formula is C20H27F3N2O. The molecule has 2 unspecified atom stereocenters. The number of carbonyl (C=O) groups excluding carboxylic acids is 1. The zero-order valence-corrected chi connectivity index (χ0v) is 16.0. The number of nitrogens with one attached hydrogen (secondary N) is 1. The highest BCUT2D eigenvalue weighted by atomic mass is 19.4.